The molecular weight excluding hydrogens is 279 g/mol. The van der Waals surface area contributed by atoms with Gasteiger partial charge in [0.15, 0.2) is 0 Å². The molecular formula is C15H22ClFN2O. The second-order valence-electron chi connectivity index (χ2n) is 5.32. The minimum atomic E-state index is -0.338. The Balaban J connectivity index is 0.00000200. The molecule has 1 aliphatic carbocycles. The molecule has 1 saturated carbocycles. The van der Waals surface area contributed by atoms with Crippen LogP contribution in [0, 0.1) is 11.7 Å². The van der Waals surface area contributed by atoms with Gasteiger partial charge in [-0.3, -0.25) is 4.79 Å². The summed E-state index contributed by atoms with van der Waals surface area (Å²) in [6, 6.07) is 6.39. The highest BCUT2D eigenvalue weighted by atomic mass is 35.5. The first kappa shape index (κ1) is 16.9. The molecule has 0 bridgehead atoms. The first-order valence-corrected chi connectivity index (χ1v) is 6.87. The van der Waals surface area contributed by atoms with E-state index in [2.05, 4.69) is 5.32 Å². The van der Waals surface area contributed by atoms with Crippen molar-refractivity contribution in [3.05, 3.63) is 35.6 Å². The molecule has 1 amide bonds. The van der Waals surface area contributed by atoms with Crippen LogP contribution < -0.4 is 11.1 Å². The lowest BCUT2D eigenvalue weighted by Gasteiger charge is -2.22. The van der Waals surface area contributed by atoms with Crippen molar-refractivity contribution in [3.63, 3.8) is 0 Å². The van der Waals surface area contributed by atoms with Crippen LogP contribution in [0.4, 0.5) is 4.39 Å². The zero-order valence-electron chi connectivity index (χ0n) is 11.6. The fraction of sp³-hybridized carbons (Fsp3) is 0.533. The molecule has 2 rings (SSSR count). The van der Waals surface area contributed by atoms with Crippen LogP contribution in [0.1, 0.15) is 37.7 Å². The van der Waals surface area contributed by atoms with Crippen molar-refractivity contribution < 1.29 is 9.18 Å². The lowest BCUT2D eigenvalue weighted by atomic mass is 9.98. The fourth-order valence-corrected chi connectivity index (χ4v) is 2.74. The lowest BCUT2D eigenvalue weighted by Crippen LogP contribution is -2.41. The minimum absolute atomic E-state index is 0. The van der Waals surface area contributed by atoms with Crippen molar-refractivity contribution in [1.29, 1.82) is 0 Å². The van der Waals surface area contributed by atoms with Crippen molar-refractivity contribution in [2.75, 3.05) is 6.54 Å². The number of halogens is 2. The smallest absolute Gasteiger partial charge is 0.227 e. The topological polar surface area (TPSA) is 55.1 Å². The largest absolute Gasteiger partial charge is 0.353 e. The van der Waals surface area contributed by atoms with Gasteiger partial charge in [-0.25, -0.2) is 4.39 Å². The van der Waals surface area contributed by atoms with Gasteiger partial charge in [0.1, 0.15) is 5.82 Å². The summed E-state index contributed by atoms with van der Waals surface area (Å²) < 4.78 is 13.2. The zero-order chi connectivity index (χ0) is 13.8. The third-order valence-corrected chi connectivity index (χ3v) is 4.03. The van der Waals surface area contributed by atoms with Gasteiger partial charge in [0.2, 0.25) is 5.91 Å². The van der Waals surface area contributed by atoms with Gasteiger partial charge in [-0.1, -0.05) is 18.6 Å². The summed E-state index contributed by atoms with van der Waals surface area (Å²) in [6.45, 7) is 2.41. The Morgan fingerprint density at radius 3 is 2.90 bits per heavy atom. The molecule has 0 aromatic heterocycles. The maximum absolute atomic E-state index is 13.2. The molecule has 3 unspecified atom stereocenters. The molecule has 5 heteroatoms. The molecule has 3 N–H and O–H groups in total. The summed E-state index contributed by atoms with van der Waals surface area (Å²) >= 11 is 0. The van der Waals surface area contributed by atoms with Gasteiger partial charge in [0, 0.05) is 6.04 Å². The summed E-state index contributed by atoms with van der Waals surface area (Å²) in [5, 5.41) is 3.06. The van der Waals surface area contributed by atoms with Crippen molar-refractivity contribution >= 4 is 18.3 Å². The van der Waals surface area contributed by atoms with E-state index in [0.29, 0.717) is 18.0 Å². The number of nitrogens with two attached hydrogens (primary N) is 1. The number of carbonyl (C=O) groups is 1. The van der Waals surface area contributed by atoms with E-state index in [1.807, 2.05) is 0 Å². The Morgan fingerprint density at radius 1 is 1.50 bits per heavy atom. The second kappa shape index (κ2) is 7.60. The minimum Gasteiger partial charge on any atom is -0.353 e. The van der Waals surface area contributed by atoms with Gasteiger partial charge >= 0.3 is 0 Å². The van der Waals surface area contributed by atoms with Crippen LogP contribution in [0.25, 0.3) is 0 Å². The maximum atomic E-state index is 13.2. The third kappa shape index (κ3) is 3.93. The molecule has 1 aromatic rings. The average molecular weight is 301 g/mol. The summed E-state index contributed by atoms with van der Waals surface area (Å²) in [5.41, 5.74) is 6.41. The number of benzene rings is 1. The lowest BCUT2D eigenvalue weighted by molar-refractivity contribution is -0.123. The van der Waals surface area contributed by atoms with Crippen LogP contribution in [0.2, 0.25) is 0 Å². The Hall–Kier alpha value is -1.13. The normalized spacial score (nSPS) is 22.9. The van der Waals surface area contributed by atoms with Crippen molar-refractivity contribution in [3.8, 4) is 0 Å². The number of nitrogens with one attached hydrogen (secondary N) is 1. The van der Waals surface area contributed by atoms with Gasteiger partial charge in [0.25, 0.3) is 0 Å². The number of amides is 1. The van der Waals surface area contributed by atoms with Crippen molar-refractivity contribution in [1.82, 2.24) is 5.32 Å². The first-order valence-electron chi connectivity index (χ1n) is 6.87. The van der Waals surface area contributed by atoms with E-state index >= 15 is 0 Å². The molecule has 0 radical (unpaired) electrons. The predicted molar refractivity (Wildman–Crippen MR) is 80.4 cm³/mol. The number of carbonyl (C=O) groups excluding carboxylic acids is 1. The Labute approximate surface area is 125 Å². The van der Waals surface area contributed by atoms with E-state index < -0.39 is 0 Å². The molecule has 0 saturated heterocycles. The van der Waals surface area contributed by atoms with Gasteiger partial charge in [-0.15, -0.1) is 12.4 Å². The summed E-state index contributed by atoms with van der Waals surface area (Å²) in [7, 11) is 0. The summed E-state index contributed by atoms with van der Waals surface area (Å²) in [5.74, 6) is -0.313. The number of hydrogen-bond donors (Lipinski definition) is 2. The van der Waals surface area contributed by atoms with E-state index in [-0.39, 0.29) is 36.1 Å². The van der Waals surface area contributed by atoms with E-state index in [0.717, 1.165) is 19.3 Å². The SMILES string of the molecule is CC(C(=O)NC1CCCC1CN)c1cccc(F)c1.Cl. The first-order chi connectivity index (χ1) is 9.11. The number of rotatable bonds is 4. The van der Waals surface area contributed by atoms with Crippen LogP contribution in [0.5, 0.6) is 0 Å². The highest BCUT2D eigenvalue weighted by Gasteiger charge is 2.28. The van der Waals surface area contributed by atoms with Crippen LogP contribution in [0.3, 0.4) is 0 Å². The van der Waals surface area contributed by atoms with Gasteiger partial charge in [0.05, 0.1) is 5.92 Å². The quantitative estimate of drug-likeness (QED) is 0.898. The van der Waals surface area contributed by atoms with E-state index in [1.165, 1.54) is 12.1 Å². The molecule has 1 aromatic carbocycles. The van der Waals surface area contributed by atoms with Crippen LogP contribution in [-0.2, 0) is 4.79 Å². The molecule has 0 aliphatic heterocycles. The average Bonchev–Trinajstić information content (AvgIpc) is 2.85. The van der Waals surface area contributed by atoms with Crippen LogP contribution >= 0.6 is 12.4 Å². The molecule has 0 spiro atoms. The van der Waals surface area contributed by atoms with Gasteiger partial charge in [-0.05, 0) is 49.9 Å². The van der Waals surface area contributed by atoms with Crippen molar-refractivity contribution in [2.45, 2.75) is 38.1 Å². The number of hydrogen-bond acceptors (Lipinski definition) is 2. The molecule has 1 fully saturated rings. The van der Waals surface area contributed by atoms with E-state index in [9.17, 15) is 9.18 Å². The Bertz CT molecular complexity index is 455. The Morgan fingerprint density at radius 2 is 2.25 bits per heavy atom. The third-order valence-electron chi connectivity index (χ3n) is 4.03. The predicted octanol–water partition coefficient (Wildman–Crippen LogP) is 2.59. The highest BCUT2D eigenvalue weighted by Crippen LogP contribution is 2.25. The van der Waals surface area contributed by atoms with Crippen LogP contribution in [0.15, 0.2) is 24.3 Å². The highest BCUT2D eigenvalue weighted by molar-refractivity contribution is 5.85. The molecule has 0 heterocycles. The summed E-state index contributed by atoms with van der Waals surface area (Å²) in [6.07, 6.45) is 3.18. The van der Waals surface area contributed by atoms with E-state index in [1.54, 1.807) is 19.1 Å². The standard InChI is InChI=1S/C15H21FN2O.ClH/c1-10(11-4-2-6-13(16)8-11)15(19)18-14-7-3-5-12(14)9-17;/h2,4,6,8,10,12,14H,3,5,7,9,17H2,1H3,(H,18,19);1H. The van der Waals surface area contributed by atoms with Gasteiger partial charge in [-0.2, -0.15) is 0 Å². The monoisotopic (exact) mass is 300 g/mol. The van der Waals surface area contributed by atoms with Crippen molar-refractivity contribution in [2.24, 2.45) is 11.7 Å². The molecule has 1 aliphatic rings. The molecule has 3 nitrogen and oxygen atoms in total. The molecule has 20 heavy (non-hydrogen) atoms. The van der Waals surface area contributed by atoms with Crippen LogP contribution in [-0.4, -0.2) is 18.5 Å². The maximum Gasteiger partial charge on any atom is 0.227 e. The summed E-state index contributed by atoms with van der Waals surface area (Å²) in [4.78, 5) is 12.2. The molecule has 3 atom stereocenters. The van der Waals surface area contributed by atoms with Gasteiger partial charge < -0.3 is 11.1 Å². The van der Waals surface area contributed by atoms with E-state index in [4.69, 9.17) is 5.73 Å². The fourth-order valence-electron chi connectivity index (χ4n) is 2.74. The zero-order valence-corrected chi connectivity index (χ0v) is 12.5. The Kier molecular flexibility index (Phi) is 6.43. The second-order valence-corrected chi connectivity index (χ2v) is 5.32. The molecule has 112 valence electrons.